The number of anilines is 1. The number of fused-ring (bicyclic) bond motifs is 2. The van der Waals surface area contributed by atoms with E-state index in [9.17, 15) is 14.7 Å². The van der Waals surface area contributed by atoms with Crippen molar-refractivity contribution < 1.29 is 24.2 Å². The van der Waals surface area contributed by atoms with Crippen LogP contribution in [0, 0.1) is 0 Å². The van der Waals surface area contributed by atoms with Gasteiger partial charge in [0.25, 0.3) is 5.91 Å². The molecule has 0 aliphatic carbocycles. The maximum absolute atomic E-state index is 13.2. The Kier molecular flexibility index (Phi) is 9.11. The van der Waals surface area contributed by atoms with Crippen LogP contribution >= 0.6 is 11.6 Å². The molecular formula is C32H29ClN4O5. The molecule has 2 aromatic heterocycles. The number of carbonyl (C=O) groups is 2. The van der Waals surface area contributed by atoms with E-state index in [-0.39, 0.29) is 47.6 Å². The standard InChI is InChI=1S/C32H29ClN4O5/c33-22-12-13-27(29(39)19-22)35-30(40)24-18-21-8-2-4-10-26(21)37-32(24)41-15-5-11-28(38)23-17-20-7-1-3-9-25(20)36-31(23)42-16-6-14-34/h1-4,7-10,12-13,17-19,39H,5-6,11,14-16,34H2,(H,35,40). The van der Waals surface area contributed by atoms with Crippen molar-refractivity contribution in [1.82, 2.24) is 9.97 Å². The molecule has 2 heterocycles. The minimum atomic E-state index is -0.515. The van der Waals surface area contributed by atoms with Gasteiger partial charge in [-0.15, -0.1) is 0 Å². The highest BCUT2D eigenvalue weighted by molar-refractivity contribution is 6.30. The second-order valence-electron chi connectivity index (χ2n) is 9.55. The summed E-state index contributed by atoms with van der Waals surface area (Å²) in [5, 5.41) is 14.8. The first-order valence-corrected chi connectivity index (χ1v) is 13.9. The third-order valence-electron chi connectivity index (χ3n) is 6.51. The number of phenolic OH excluding ortho intramolecular Hbond substituents is 1. The SMILES string of the molecule is NCCCOc1nc2ccccc2cc1C(=O)CCCOc1nc2ccccc2cc1C(=O)Nc1ccc(Cl)cc1O. The Morgan fingerprint density at radius 2 is 1.40 bits per heavy atom. The summed E-state index contributed by atoms with van der Waals surface area (Å²) in [7, 11) is 0. The number of ether oxygens (including phenoxy) is 2. The van der Waals surface area contributed by atoms with Crippen molar-refractivity contribution in [1.29, 1.82) is 0 Å². The van der Waals surface area contributed by atoms with Gasteiger partial charge in [-0.3, -0.25) is 9.59 Å². The summed E-state index contributed by atoms with van der Waals surface area (Å²) in [6, 6.07) is 22.7. The number of nitrogens with two attached hydrogens (primary N) is 1. The van der Waals surface area contributed by atoms with Crippen molar-refractivity contribution in [2.45, 2.75) is 19.3 Å². The van der Waals surface area contributed by atoms with E-state index < -0.39 is 5.91 Å². The molecule has 0 unspecified atom stereocenters. The quantitative estimate of drug-likeness (QED) is 0.0900. The zero-order chi connectivity index (χ0) is 29.5. The number of halogens is 1. The van der Waals surface area contributed by atoms with Gasteiger partial charge in [-0.25, -0.2) is 9.97 Å². The molecule has 0 bridgehead atoms. The minimum absolute atomic E-state index is 0.116. The number of carbonyl (C=O) groups excluding carboxylic acids is 2. The van der Waals surface area contributed by atoms with Gasteiger partial charge in [-0.1, -0.05) is 48.0 Å². The third kappa shape index (κ3) is 6.76. The number of pyridine rings is 2. The highest BCUT2D eigenvalue weighted by atomic mass is 35.5. The number of Topliss-reactive ketones (excluding diaryl/α,β-unsaturated/α-hetero) is 1. The summed E-state index contributed by atoms with van der Waals surface area (Å²) in [6.07, 6.45) is 1.17. The molecule has 0 fully saturated rings. The molecule has 0 radical (unpaired) electrons. The molecule has 0 saturated carbocycles. The number of aromatic nitrogens is 2. The molecule has 5 aromatic rings. The van der Waals surface area contributed by atoms with Crippen LogP contribution in [-0.4, -0.2) is 46.5 Å². The Morgan fingerprint density at radius 3 is 2.05 bits per heavy atom. The van der Waals surface area contributed by atoms with Crippen molar-refractivity contribution in [2.75, 3.05) is 25.1 Å². The number of para-hydroxylation sites is 2. The highest BCUT2D eigenvalue weighted by Gasteiger charge is 2.19. The average Bonchev–Trinajstić information content (AvgIpc) is 3.00. The van der Waals surface area contributed by atoms with Gasteiger partial charge in [0.1, 0.15) is 11.3 Å². The first kappa shape index (κ1) is 28.8. The Labute approximate surface area is 247 Å². The number of amides is 1. The molecule has 9 nitrogen and oxygen atoms in total. The van der Waals surface area contributed by atoms with Gasteiger partial charge in [0, 0.05) is 28.3 Å². The van der Waals surface area contributed by atoms with Crippen LogP contribution in [0.5, 0.6) is 17.5 Å². The fraction of sp³-hybridized carbons (Fsp3) is 0.188. The number of rotatable bonds is 12. The van der Waals surface area contributed by atoms with Gasteiger partial charge in [-0.05, 0) is 55.8 Å². The number of aromatic hydroxyl groups is 1. The lowest BCUT2D eigenvalue weighted by Crippen LogP contribution is -2.15. The molecular weight excluding hydrogens is 556 g/mol. The van der Waals surface area contributed by atoms with Crippen molar-refractivity contribution in [3.8, 4) is 17.5 Å². The van der Waals surface area contributed by atoms with E-state index in [2.05, 4.69) is 15.3 Å². The van der Waals surface area contributed by atoms with E-state index in [4.69, 9.17) is 26.8 Å². The summed E-state index contributed by atoms with van der Waals surface area (Å²) in [4.78, 5) is 35.6. The highest BCUT2D eigenvalue weighted by Crippen LogP contribution is 2.29. The maximum atomic E-state index is 13.2. The first-order chi connectivity index (χ1) is 20.4. The predicted octanol–water partition coefficient (Wildman–Crippen LogP) is 6.16. The Bertz CT molecular complexity index is 1760. The average molecular weight is 585 g/mol. The molecule has 0 atom stereocenters. The van der Waals surface area contributed by atoms with Crippen molar-refractivity contribution >= 4 is 50.8 Å². The molecule has 4 N–H and O–H groups in total. The molecule has 214 valence electrons. The van der Waals surface area contributed by atoms with E-state index in [1.807, 2.05) is 48.5 Å². The zero-order valence-corrected chi connectivity index (χ0v) is 23.4. The monoisotopic (exact) mass is 584 g/mol. The first-order valence-electron chi connectivity index (χ1n) is 13.5. The molecule has 0 saturated heterocycles. The lowest BCUT2D eigenvalue weighted by Gasteiger charge is -2.13. The van der Waals surface area contributed by atoms with Crippen LogP contribution in [0.25, 0.3) is 21.8 Å². The fourth-order valence-corrected chi connectivity index (χ4v) is 4.53. The molecule has 0 aliphatic rings. The number of nitrogens with one attached hydrogen (secondary N) is 1. The minimum Gasteiger partial charge on any atom is -0.506 e. The molecule has 42 heavy (non-hydrogen) atoms. The normalized spacial score (nSPS) is 11.0. The van der Waals surface area contributed by atoms with Crippen LogP contribution in [0.15, 0.2) is 78.9 Å². The largest absolute Gasteiger partial charge is 0.506 e. The van der Waals surface area contributed by atoms with Gasteiger partial charge in [0.15, 0.2) is 5.78 Å². The summed E-state index contributed by atoms with van der Waals surface area (Å²) < 4.78 is 11.8. The molecule has 0 spiro atoms. The summed E-state index contributed by atoms with van der Waals surface area (Å²) in [6.45, 7) is 0.962. The summed E-state index contributed by atoms with van der Waals surface area (Å²) in [5.41, 5.74) is 7.76. The van der Waals surface area contributed by atoms with Crippen LogP contribution in [0.2, 0.25) is 5.02 Å². The fourth-order valence-electron chi connectivity index (χ4n) is 4.37. The van der Waals surface area contributed by atoms with Gasteiger partial charge < -0.3 is 25.6 Å². The Balaban J connectivity index is 1.31. The number of benzene rings is 3. The van der Waals surface area contributed by atoms with Crippen molar-refractivity contribution in [2.24, 2.45) is 5.73 Å². The zero-order valence-electron chi connectivity index (χ0n) is 22.7. The van der Waals surface area contributed by atoms with Crippen LogP contribution < -0.4 is 20.5 Å². The van der Waals surface area contributed by atoms with Gasteiger partial charge in [0.2, 0.25) is 11.8 Å². The molecule has 1 amide bonds. The number of hydrogen-bond acceptors (Lipinski definition) is 8. The molecule has 0 aliphatic heterocycles. The number of nitrogens with zero attached hydrogens (tertiary/aromatic N) is 2. The van der Waals surface area contributed by atoms with E-state index in [1.54, 1.807) is 18.2 Å². The maximum Gasteiger partial charge on any atom is 0.261 e. The molecule has 3 aromatic carbocycles. The Hall–Kier alpha value is -4.73. The van der Waals surface area contributed by atoms with Crippen LogP contribution in [0.4, 0.5) is 5.69 Å². The third-order valence-corrected chi connectivity index (χ3v) is 6.74. The predicted molar refractivity (Wildman–Crippen MR) is 163 cm³/mol. The lowest BCUT2D eigenvalue weighted by molar-refractivity contribution is 0.0964. The Morgan fingerprint density at radius 1 is 0.810 bits per heavy atom. The number of hydrogen-bond donors (Lipinski definition) is 3. The van der Waals surface area contributed by atoms with Gasteiger partial charge in [-0.2, -0.15) is 0 Å². The van der Waals surface area contributed by atoms with Gasteiger partial charge >= 0.3 is 0 Å². The van der Waals surface area contributed by atoms with Crippen LogP contribution in [0.1, 0.15) is 40.0 Å². The van der Waals surface area contributed by atoms with Crippen molar-refractivity contribution in [3.05, 3.63) is 95.0 Å². The van der Waals surface area contributed by atoms with Crippen molar-refractivity contribution in [3.63, 3.8) is 0 Å². The van der Waals surface area contributed by atoms with E-state index in [0.29, 0.717) is 42.1 Å². The smallest absolute Gasteiger partial charge is 0.261 e. The summed E-state index contributed by atoms with van der Waals surface area (Å²) in [5.74, 6) is -0.417. The van der Waals surface area contributed by atoms with Gasteiger partial charge in [0.05, 0.1) is 35.5 Å². The topological polar surface area (TPSA) is 137 Å². The number of phenols is 1. The van der Waals surface area contributed by atoms with Crippen LogP contribution in [-0.2, 0) is 0 Å². The number of ketones is 1. The lowest BCUT2D eigenvalue weighted by atomic mass is 10.1. The molecule has 10 heteroatoms. The van der Waals surface area contributed by atoms with E-state index >= 15 is 0 Å². The molecule has 5 rings (SSSR count). The van der Waals surface area contributed by atoms with E-state index in [1.165, 1.54) is 12.1 Å². The van der Waals surface area contributed by atoms with E-state index in [0.717, 1.165) is 16.3 Å². The second kappa shape index (κ2) is 13.3. The second-order valence-corrected chi connectivity index (χ2v) is 9.99. The summed E-state index contributed by atoms with van der Waals surface area (Å²) >= 11 is 5.91. The van der Waals surface area contributed by atoms with Crippen LogP contribution in [0.3, 0.4) is 0 Å².